The van der Waals surface area contributed by atoms with E-state index in [1.54, 1.807) is 4.68 Å². The lowest BCUT2D eigenvalue weighted by Crippen LogP contribution is -2.33. The van der Waals surface area contributed by atoms with Crippen molar-refractivity contribution in [3.63, 3.8) is 0 Å². The zero-order valence-corrected chi connectivity index (χ0v) is 14.5. The number of aryl methyl sites for hydroxylation is 1. The van der Waals surface area contributed by atoms with Crippen molar-refractivity contribution < 1.29 is 4.39 Å². The van der Waals surface area contributed by atoms with E-state index in [9.17, 15) is 4.39 Å². The molecule has 0 aliphatic heterocycles. The molecule has 0 aromatic carbocycles. The molecule has 2 heterocycles. The molecule has 0 saturated heterocycles. The quantitative estimate of drug-likeness (QED) is 0.861. The average Bonchev–Trinajstić information content (AvgIpc) is 3.35. The highest BCUT2D eigenvalue weighted by molar-refractivity contribution is 5.59. The van der Waals surface area contributed by atoms with Crippen LogP contribution in [-0.4, -0.2) is 37.0 Å². The van der Waals surface area contributed by atoms with Gasteiger partial charge in [0, 0.05) is 19.1 Å². The molecule has 4 rings (SSSR count). The monoisotopic (exact) mass is 345 g/mol. The third-order valence-corrected chi connectivity index (χ3v) is 5.20. The Morgan fingerprint density at radius 1 is 1.20 bits per heavy atom. The number of nitrogens with two attached hydrogens (primary N) is 1. The summed E-state index contributed by atoms with van der Waals surface area (Å²) in [6, 6.07) is 0.568. The molecule has 0 bridgehead atoms. The summed E-state index contributed by atoms with van der Waals surface area (Å²) >= 11 is 0. The Bertz CT molecular complexity index is 747. The minimum atomic E-state index is -0.464. The first-order valence-electron chi connectivity index (χ1n) is 9.03. The summed E-state index contributed by atoms with van der Waals surface area (Å²) in [5.41, 5.74) is 7.65. The third kappa shape index (κ3) is 3.63. The van der Waals surface area contributed by atoms with Crippen LogP contribution in [0.15, 0.2) is 6.20 Å². The van der Waals surface area contributed by atoms with Crippen LogP contribution in [-0.2, 0) is 13.5 Å². The maximum Gasteiger partial charge on any atom is 0.223 e. The van der Waals surface area contributed by atoms with Crippen LogP contribution in [0.1, 0.15) is 44.2 Å². The molecule has 2 aliphatic rings. The normalized spacial score (nSPS) is 23.6. The Balaban J connectivity index is 1.57. The van der Waals surface area contributed by atoms with Crippen LogP contribution in [0.4, 0.5) is 10.3 Å². The molecule has 25 heavy (non-hydrogen) atoms. The molecule has 134 valence electrons. The zero-order valence-electron chi connectivity index (χ0n) is 14.5. The van der Waals surface area contributed by atoms with E-state index in [1.807, 2.05) is 7.05 Å². The second-order valence-corrected chi connectivity index (χ2v) is 7.30. The fraction of sp³-hybridized carbons (Fsp3) is 0.647. The fourth-order valence-corrected chi connectivity index (χ4v) is 3.43. The molecule has 2 aromatic rings. The molecule has 2 aromatic heterocycles. The van der Waals surface area contributed by atoms with Gasteiger partial charge in [-0.1, -0.05) is 5.21 Å². The molecule has 2 aliphatic carbocycles. The van der Waals surface area contributed by atoms with Gasteiger partial charge in [-0.15, -0.1) is 5.10 Å². The summed E-state index contributed by atoms with van der Waals surface area (Å²) in [5.74, 6) is 0.638. The maximum atomic E-state index is 14.4. The second-order valence-electron chi connectivity index (χ2n) is 7.30. The first kappa shape index (κ1) is 16.4. The van der Waals surface area contributed by atoms with E-state index in [-0.39, 0.29) is 17.8 Å². The van der Waals surface area contributed by atoms with Crippen molar-refractivity contribution in [2.45, 2.75) is 57.0 Å². The van der Waals surface area contributed by atoms with Crippen LogP contribution in [0, 0.1) is 11.7 Å². The van der Waals surface area contributed by atoms with E-state index in [0.717, 1.165) is 37.8 Å². The number of hydrogen-bond acceptors (Lipinski definition) is 6. The topological polar surface area (TPSA) is 94.5 Å². The zero-order chi connectivity index (χ0) is 17.4. The summed E-state index contributed by atoms with van der Waals surface area (Å²) in [5, 5.41) is 11.6. The molecule has 0 atom stereocenters. The van der Waals surface area contributed by atoms with Gasteiger partial charge < -0.3 is 11.1 Å². The first-order chi connectivity index (χ1) is 12.1. The van der Waals surface area contributed by atoms with Crippen LogP contribution in [0.25, 0.3) is 11.4 Å². The van der Waals surface area contributed by atoms with Gasteiger partial charge in [-0.25, -0.2) is 14.4 Å². The molecular weight excluding hydrogens is 321 g/mol. The van der Waals surface area contributed by atoms with Crippen molar-refractivity contribution in [1.82, 2.24) is 25.0 Å². The fourth-order valence-electron chi connectivity index (χ4n) is 3.43. The number of halogens is 1. The van der Waals surface area contributed by atoms with Crippen LogP contribution in [0.2, 0.25) is 0 Å². The van der Waals surface area contributed by atoms with E-state index in [1.165, 1.54) is 19.0 Å². The molecular formula is C17H24FN7. The van der Waals surface area contributed by atoms with Gasteiger partial charge in [0.1, 0.15) is 11.4 Å². The van der Waals surface area contributed by atoms with Crippen molar-refractivity contribution in [3.05, 3.63) is 17.7 Å². The van der Waals surface area contributed by atoms with Gasteiger partial charge >= 0.3 is 0 Å². The number of aromatic nitrogens is 5. The molecule has 0 amide bonds. The standard InChI is InChI=1S/C17H24FN7/c1-25-14(8-10-2-3-10)16(23-24-25)15-13(18)9-20-17(22-15)21-12-6-4-11(19)5-7-12/h9-12H,2-8,19H2,1H3,(H,20,21,22)/t11-,12-. The number of nitrogens with zero attached hydrogens (tertiary/aromatic N) is 5. The van der Waals surface area contributed by atoms with E-state index < -0.39 is 5.82 Å². The summed E-state index contributed by atoms with van der Waals surface area (Å²) in [6.45, 7) is 0. The van der Waals surface area contributed by atoms with Gasteiger partial charge in [-0.05, 0) is 50.9 Å². The Morgan fingerprint density at radius 3 is 2.68 bits per heavy atom. The maximum absolute atomic E-state index is 14.4. The molecule has 2 saturated carbocycles. The van der Waals surface area contributed by atoms with Crippen LogP contribution in [0.3, 0.4) is 0 Å². The summed E-state index contributed by atoms with van der Waals surface area (Å²) in [4.78, 5) is 8.52. The molecule has 7 nitrogen and oxygen atoms in total. The van der Waals surface area contributed by atoms with Gasteiger partial charge in [0.15, 0.2) is 5.82 Å². The minimum Gasteiger partial charge on any atom is -0.351 e. The van der Waals surface area contributed by atoms with Gasteiger partial charge in [-0.3, -0.25) is 4.68 Å². The van der Waals surface area contributed by atoms with E-state index >= 15 is 0 Å². The van der Waals surface area contributed by atoms with Crippen molar-refractivity contribution in [3.8, 4) is 11.4 Å². The van der Waals surface area contributed by atoms with Crippen LogP contribution < -0.4 is 11.1 Å². The highest BCUT2D eigenvalue weighted by Crippen LogP contribution is 2.35. The number of anilines is 1. The molecule has 0 spiro atoms. The van der Waals surface area contributed by atoms with Gasteiger partial charge in [-0.2, -0.15) is 0 Å². The van der Waals surface area contributed by atoms with Crippen molar-refractivity contribution in [1.29, 1.82) is 0 Å². The van der Waals surface area contributed by atoms with Crippen molar-refractivity contribution in [2.75, 3.05) is 5.32 Å². The Morgan fingerprint density at radius 2 is 1.96 bits per heavy atom. The summed E-state index contributed by atoms with van der Waals surface area (Å²) < 4.78 is 16.1. The predicted octanol–water partition coefficient (Wildman–Crippen LogP) is 2.05. The second kappa shape index (κ2) is 6.67. The summed E-state index contributed by atoms with van der Waals surface area (Å²) in [7, 11) is 1.84. The molecule has 8 heteroatoms. The molecule has 0 unspecified atom stereocenters. The highest BCUT2D eigenvalue weighted by Gasteiger charge is 2.27. The smallest absolute Gasteiger partial charge is 0.223 e. The number of nitrogens with one attached hydrogen (secondary N) is 1. The average molecular weight is 345 g/mol. The van der Waals surface area contributed by atoms with Crippen molar-refractivity contribution in [2.24, 2.45) is 18.7 Å². The Labute approximate surface area is 146 Å². The van der Waals surface area contributed by atoms with Gasteiger partial charge in [0.25, 0.3) is 0 Å². The predicted molar refractivity (Wildman–Crippen MR) is 92.3 cm³/mol. The van der Waals surface area contributed by atoms with Crippen LogP contribution >= 0.6 is 0 Å². The van der Waals surface area contributed by atoms with Gasteiger partial charge in [0.2, 0.25) is 5.95 Å². The largest absolute Gasteiger partial charge is 0.351 e. The number of rotatable bonds is 5. The number of hydrogen-bond donors (Lipinski definition) is 2. The minimum absolute atomic E-state index is 0.230. The molecule has 0 radical (unpaired) electrons. The molecule has 3 N–H and O–H groups in total. The highest BCUT2D eigenvalue weighted by atomic mass is 19.1. The third-order valence-electron chi connectivity index (χ3n) is 5.20. The lowest BCUT2D eigenvalue weighted by Gasteiger charge is -2.26. The summed E-state index contributed by atoms with van der Waals surface area (Å²) in [6.07, 6.45) is 8.45. The Kier molecular flexibility index (Phi) is 4.37. The van der Waals surface area contributed by atoms with Crippen LogP contribution in [0.5, 0.6) is 0 Å². The SMILES string of the molecule is Cn1nnc(-c2nc(N[C@H]3CC[C@H](N)CC3)ncc2F)c1CC1CC1. The van der Waals surface area contributed by atoms with Gasteiger partial charge in [0.05, 0.1) is 11.9 Å². The lowest BCUT2D eigenvalue weighted by atomic mass is 9.92. The van der Waals surface area contributed by atoms with E-state index in [2.05, 4.69) is 25.6 Å². The molecule has 2 fully saturated rings. The van der Waals surface area contributed by atoms with Crippen molar-refractivity contribution >= 4 is 5.95 Å². The Hall–Kier alpha value is -2.09. The van der Waals surface area contributed by atoms with E-state index in [0.29, 0.717) is 17.6 Å². The lowest BCUT2D eigenvalue weighted by molar-refractivity contribution is 0.409. The van der Waals surface area contributed by atoms with E-state index in [4.69, 9.17) is 5.73 Å². The first-order valence-corrected chi connectivity index (χ1v) is 9.03.